The maximum atomic E-state index is 11.3. The first-order valence-electron chi connectivity index (χ1n) is 4.40. The molecule has 1 heterocycles. The van der Waals surface area contributed by atoms with Gasteiger partial charge in [-0.05, 0) is 6.92 Å². The second-order valence-electron chi connectivity index (χ2n) is 3.06. The maximum absolute atomic E-state index is 11.3. The van der Waals surface area contributed by atoms with E-state index in [-0.39, 0.29) is 18.6 Å². The number of hydrogen-bond acceptors (Lipinski definition) is 5. The SMILES string of the molecule is CC1C(C(=O)NC=N)N=CN1CCO. The zero-order chi connectivity index (χ0) is 10.6. The molecule has 0 bridgehead atoms. The Bertz CT molecular complexity index is 254. The van der Waals surface area contributed by atoms with Gasteiger partial charge in [0.25, 0.3) is 5.91 Å². The minimum atomic E-state index is -0.483. The highest BCUT2D eigenvalue weighted by Gasteiger charge is 2.31. The summed E-state index contributed by atoms with van der Waals surface area (Å²) < 4.78 is 0. The van der Waals surface area contributed by atoms with Gasteiger partial charge in [-0.15, -0.1) is 0 Å². The van der Waals surface area contributed by atoms with Crippen LogP contribution in [-0.4, -0.2) is 53.8 Å². The molecule has 3 N–H and O–H groups in total. The average molecular weight is 198 g/mol. The zero-order valence-electron chi connectivity index (χ0n) is 7.97. The number of aliphatic imine (C=N–C) groups is 1. The van der Waals surface area contributed by atoms with Crippen molar-refractivity contribution in [1.82, 2.24) is 10.2 Å². The van der Waals surface area contributed by atoms with Gasteiger partial charge < -0.3 is 15.3 Å². The van der Waals surface area contributed by atoms with Crippen LogP contribution in [0.15, 0.2) is 4.99 Å². The van der Waals surface area contributed by atoms with E-state index in [9.17, 15) is 4.79 Å². The molecule has 0 aromatic heterocycles. The quantitative estimate of drug-likeness (QED) is 0.391. The average Bonchev–Trinajstić information content (AvgIpc) is 2.49. The third-order valence-electron chi connectivity index (χ3n) is 2.20. The summed E-state index contributed by atoms with van der Waals surface area (Å²) in [5, 5.41) is 17.7. The van der Waals surface area contributed by atoms with Crippen molar-refractivity contribution in [2.75, 3.05) is 13.2 Å². The Morgan fingerprint density at radius 1 is 1.86 bits per heavy atom. The molecule has 0 saturated carbocycles. The minimum Gasteiger partial charge on any atom is -0.395 e. The molecule has 1 aliphatic heterocycles. The molecule has 0 radical (unpaired) electrons. The monoisotopic (exact) mass is 198 g/mol. The van der Waals surface area contributed by atoms with Gasteiger partial charge >= 0.3 is 0 Å². The van der Waals surface area contributed by atoms with Crippen molar-refractivity contribution in [2.24, 2.45) is 4.99 Å². The Labute approximate surface area is 82.1 Å². The number of aliphatic hydroxyl groups excluding tert-OH is 1. The summed E-state index contributed by atoms with van der Waals surface area (Å²) in [5.41, 5.74) is 0. The van der Waals surface area contributed by atoms with Gasteiger partial charge in [-0.25, -0.2) is 0 Å². The smallest absolute Gasteiger partial charge is 0.252 e. The summed E-state index contributed by atoms with van der Waals surface area (Å²) >= 11 is 0. The molecule has 0 saturated heterocycles. The second-order valence-corrected chi connectivity index (χ2v) is 3.06. The molecule has 1 amide bonds. The van der Waals surface area contributed by atoms with Crippen LogP contribution in [0.25, 0.3) is 0 Å². The van der Waals surface area contributed by atoms with Gasteiger partial charge in [0.2, 0.25) is 0 Å². The highest BCUT2D eigenvalue weighted by molar-refractivity contribution is 5.93. The van der Waals surface area contributed by atoms with Crippen molar-refractivity contribution in [3.8, 4) is 0 Å². The van der Waals surface area contributed by atoms with E-state index in [2.05, 4.69) is 10.3 Å². The topological polar surface area (TPSA) is 88.8 Å². The van der Waals surface area contributed by atoms with Crippen LogP contribution in [0.1, 0.15) is 6.92 Å². The molecule has 0 aromatic rings. The van der Waals surface area contributed by atoms with Crippen LogP contribution in [0, 0.1) is 5.41 Å². The summed E-state index contributed by atoms with van der Waals surface area (Å²) in [6.45, 7) is 2.37. The highest BCUT2D eigenvalue weighted by atomic mass is 16.3. The Kier molecular flexibility index (Phi) is 3.58. The first-order valence-corrected chi connectivity index (χ1v) is 4.40. The Balaban J connectivity index is 2.55. The summed E-state index contributed by atoms with van der Waals surface area (Å²) in [7, 11) is 0. The van der Waals surface area contributed by atoms with Crippen molar-refractivity contribution in [1.29, 1.82) is 5.41 Å². The number of carbonyl (C=O) groups excluding carboxylic acids is 1. The van der Waals surface area contributed by atoms with Gasteiger partial charge in [-0.1, -0.05) is 0 Å². The van der Waals surface area contributed by atoms with Gasteiger partial charge in [0.1, 0.15) is 0 Å². The molecule has 6 nitrogen and oxygen atoms in total. The van der Waals surface area contributed by atoms with Crippen molar-refractivity contribution in [3.63, 3.8) is 0 Å². The van der Waals surface area contributed by atoms with Crippen molar-refractivity contribution in [3.05, 3.63) is 0 Å². The number of nitrogens with zero attached hydrogens (tertiary/aromatic N) is 2. The van der Waals surface area contributed by atoms with E-state index in [4.69, 9.17) is 10.5 Å². The van der Waals surface area contributed by atoms with Crippen molar-refractivity contribution >= 4 is 18.6 Å². The first kappa shape index (κ1) is 10.6. The molecule has 1 aliphatic rings. The van der Waals surface area contributed by atoms with E-state index >= 15 is 0 Å². The number of carbonyl (C=O) groups is 1. The maximum Gasteiger partial charge on any atom is 0.252 e. The number of rotatable bonds is 4. The predicted octanol–water partition coefficient (Wildman–Crippen LogP) is -1.20. The fourth-order valence-electron chi connectivity index (χ4n) is 1.39. The van der Waals surface area contributed by atoms with E-state index in [1.807, 2.05) is 6.92 Å². The van der Waals surface area contributed by atoms with Gasteiger partial charge in [0.15, 0.2) is 6.04 Å². The van der Waals surface area contributed by atoms with Crippen LogP contribution in [0.4, 0.5) is 0 Å². The lowest BCUT2D eigenvalue weighted by atomic mass is 10.1. The van der Waals surface area contributed by atoms with E-state index < -0.39 is 6.04 Å². The van der Waals surface area contributed by atoms with Crippen LogP contribution in [-0.2, 0) is 4.79 Å². The number of nitrogens with one attached hydrogen (secondary N) is 2. The Morgan fingerprint density at radius 3 is 3.14 bits per heavy atom. The molecule has 0 aromatic carbocycles. The Hall–Kier alpha value is -1.43. The predicted molar refractivity (Wildman–Crippen MR) is 52.5 cm³/mol. The molecule has 0 spiro atoms. The minimum absolute atomic E-state index is 0.0370. The fourth-order valence-corrected chi connectivity index (χ4v) is 1.39. The van der Waals surface area contributed by atoms with E-state index in [1.165, 1.54) is 0 Å². The number of aliphatic hydroxyl groups is 1. The number of hydrogen-bond donors (Lipinski definition) is 3. The van der Waals surface area contributed by atoms with Gasteiger partial charge in [-0.2, -0.15) is 0 Å². The molecular weight excluding hydrogens is 184 g/mol. The van der Waals surface area contributed by atoms with E-state index in [0.29, 0.717) is 6.54 Å². The normalized spacial score (nSPS) is 25.1. The molecule has 14 heavy (non-hydrogen) atoms. The van der Waals surface area contributed by atoms with Crippen LogP contribution >= 0.6 is 0 Å². The van der Waals surface area contributed by atoms with Gasteiger partial charge in [0.05, 0.1) is 25.3 Å². The summed E-state index contributed by atoms with van der Waals surface area (Å²) in [6.07, 6.45) is 2.41. The molecule has 0 aliphatic carbocycles. The van der Waals surface area contributed by atoms with E-state index in [1.54, 1.807) is 11.2 Å². The zero-order valence-corrected chi connectivity index (χ0v) is 7.97. The lowest BCUT2D eigenvalue weighted by Gasteiger charge is -2.22. The fraction of sp³-hybridized carbons (Fsp3) is 0.625. The lowest BCUT2D eigenvalue weighted by Crippen LogP contribution is -2.43. The molecule has 6 heteroatoms. The number of amides is 1. The van der Waals surface area contributed by atoms with Crippen LogP contribution in [0.2, 0.25) is 0 Å². The number of β-amino-alcohol motifs (C(OH)–C–C–N with tert-alkyl or cyclic N) is 1. The third kappa shape index (κ3) is 2.08. The Morgan fingerprint density at radius 2 is 2.57 bits per heavy atom. The lowest BCUT2D eigenvalue weighted by molar-refractivity contribution is -0.121. The van der Waals surface area contributed by atoms with Crippen molar-refractivity contribution < 1.29 is 9.90 Å². The summed E-state index contributed by atoms with van der Waals surface area (Å²) in [6, 6.07) is -0.551. The van der Waals surface area contributed by atoms with Crippen LogP contribution in [0.5, 0.6) is 0 Å². The molecule has 2 unspecified atom stereocenters. The molecule has 0 fully saturated rings. The van der Waals surface area contributed by atoms with Gasteiger partial charge in [0, 0.05) is 6.54 Å². The molecular formula is C8H14N4O2. The molecule has 78 valence electrons. The first-order chi connectivity index (χ1) is 6.70. The van der Waals surface area contributed by atoms with Gasteiger partial charge in [-0.3, -0.25) is 15.2 Å². The second kappa shape index (κ2) is 4.71. The summed E-state index contributed by atoms with van der Waals surface area (Å²) in [5.74, 6) is -0.288. The van der Waals surface area contributed by atoms with Crippen LogP contribution < -0.4 is 5.32 Å². The van der Waals surface area contributed by atoms with Crippen molar-refractivity contribution in [2.45, 2.75) is 19.0 Å². The molecule has 2 atom stereocenters. The highest BCUT2D eigenvalue weighted by Crippen LogP contribution is 2.12. The largest absolute Gasteiger partial charge is 0.395 e. The summed E-state index contributed by atoms with van der Waals surface area (Å²) in [4.78, 5) is 17.1. The standard InChI is InChI=1S/C8H14N4O2/c1-6-7(8(14)10-4-9)11-5-12(6)2-3-13/h4-7,13H,2-3H2,1H3,(H2,9,10,14). The van der Waals surface area contributed by atoms with E-state index in [0.717, 1.165) is 6.34 Å². The molecule has 1 rings (SSSR count). The third-order valence-corrected chi connectivity index (χ3v) is 2.20. The van der Waals surface area contributed by atoms with Crippen LogP contribution in [0.3, 0.4) is 0 Å².